The second kappa shape index (κ2) is 5.38. The number of aromatic nitrogens is 4. The van der Waals surface area contributed by atoms with Crippen molar-refractivity contribution in [3.05, 3.63) is 41.5 Å². The van der Waals surface area contributed by atoms with E-state index in [1.165, 1.54) is 0 Å². The fourth-order valence-corrected chi connectivity index (χ4v) is 2.34. The monoisotopic (exact) mass is 273 g/mol. The number of carbonyl (C=O) groups is 1. The van der Waals surface area contributed by atoms with Crippen LogP contribution in [-0.2, 0) is 4.74 Å². The second-order valence-corrected chi connectivity index (χ2v) is 4.66. The maximum atomic E-state index is 12.6. The molecule has 3 rings (SSSR count). The number of morpholine rings is 1. The van der Waals surface area contributed by atoms with E-state index in [1.807, 2.05) is 6.92 Å². The predicted molar refractivity (Wildman–Crippen MR) is 70.0 cm³/mol. The second-order valence-electron chi connectivity index (χ2n) is 4.66. The molecule has 0 aliphatic carbocycles. The molecule has 1 atom stereocenters. The lowest BCUT2D eigenvalue weighted by Crippen LogP contribution is -2.44. The highest BCUT2D eigenvalue weighted by Gasteiger charge is 2.31. The van der Waals surface area contributed by atoms with E-state index < -0.39 is 0 Å². The van der Waals surface area contributed by atoms with Crippen molar-refractivity contribution in [2.24, 2.45) is 0 Å². The summed E-state index contributed by atoms with van der Waals surface area (Å²) in [6.45, 7) is 3.46. The van der Waals surface area contributed by atoms with Crippen LogP contribution in [0.4, 0.5) is 0 Å². The van der Waals surface area contributed by atoms with Crippen LogP contribution >= 0.6 is 0 Å². The summed E-state index contributed by atoms with van der Waals surface area (Å²) in [4.78, 5) is 14.3. The summed E-state index contributed by atoms with van der Waals surface area (Å²) in [5.41, 5.74) is 2.26. The molecule has 7 nitrogen and oxygen atoms in total. The molecule has 7 heteroatoms. The molecule has 104 valence electrons. The van der Waals surface area contributed by atoms with Crippen molar-refractivity contribution in [3.8, 4) is 0 Å². The van der Waals surface area contributed by atoms with Gasteiger partial charge in [-0.25, -0.2) is 0 Å². The van der Waals surface area contributed by atoms with E-state index >= 15 is 0 Å². The first kappa shape index (κ1) is 12.7. The topological polar surface area (TPSA) is 84.0 Å². The lowest BCUT2D eigenvalue weighted by molar-refractivity contribution is -0.00444. The maximum absolute atomic E-state index is 12.6. The number of aromatic amines is 1. The average Bonchev–Trinajstić information content (AvgIpc) is 2.93. The quantitative estimate of drug-likeness (QED) is 0.871. The molecule has 0 unspecified atom stereocenters. The van der Waals surface area contributed by atoms with Gasteiger partial charge in [-0.05, 0) is 24.6 Å². The van der Waals surface area contributed by atoms with Gasteiger partial charge in [0.25, 0.3) is 5.91 Å². The van der Waals surface area contributed by atoms with Gasteiger partial charge in [-0.15, -0.1) is 5.10 Å². The molecule has 1 fully saturated rings. The zero-order valence-corrected chi connectivity index (χ0v) is 11.1. The molecule has 0 bridgehead atoms. The molecule has 1 amide bonds. The molecule has 1 aliphatic rings. The third-order valence-corrected chi connectivity index (χ3v) is 3.38. The molecule has 2 aromatic rings. The summed E-state index contributed by atoms with van der Waals surface area (Å²) in [5, 5.41) is 14.6. The first-order valence-corrected chi connectivity index (χ1v) is 6.43. The largest absolute Gasteiger partial charge is 0.377 e. The van der Waals surface area contributed by atoms with Crippen molar-refractivity contribution < 1.29 is 9.53 Å². The Balaban J connectivity index is 1.90. The molecule has 20 heavy (non-hydrogen) atoms. The molecule has 0 saturated carbocycles. The van der Waals surface area contributed by atoms with E-state index in [9.17, 15) is 4.79 Å². The summed E-state index contributed by atoms with van der Waals surface area (Å²) in [6.07, 6.45) is 3.29. The Labute approximate surface area is 116 Å². The number of H-pyrrole nitrogens is 1. The van der Waals surface area contributed by atoms with E-state index in [2.05, 4.69) is 20.4 Å². The number of ether oxygens (including phenoxy) is 1. The van der Waals surface area contributed by atoms with E-state index in [-0.39, 0.29) is 11.9 Å². The van der Waals surface area contributed by atoms with Crippen LogP contribution in [0.5, 0.6) is 0 Å². The van der Waals surface area contributed by atoms with Gasteiger partial charge < -0.3 is 9.64 Å². The van der Waals surface area contributed by atoms with E-state index in [4.69, 9.17) is 4.74 Å². The van der Waals surface area contributed by atoms with Crippen molar-refractivity contribution >= 4 is 5.91 Å². The third-order valence-electron chi connectivity index (χ3n) is 3.38. The van der Waals surface area contributed by atoms with Gasteiger partial charge in [0.1, 0.15) is 0 Å². The smallest absolute Gasteiger partial charge is 0.275 e. The van der Waals surface area contributed by atoms with Crippen molar-refractivity contribution in [1.82, 2.24) is 25.3 Å². The zero-order chi connectivity index (χ0) is 13.9. The summed E-state index contributed by atoms with van der Waals surface area (Å²) in [5.74, 6) is -0.139. The highest BCUT2D eigenvalue weighted by atomic mass is 16.5. The van der Waals surface area contributed by atoms with Gasteiger partial charge in [-0.1, -0.05) is 0 Å². The number of amides is 1. The summed E-state index contributed by atoms with van der Waals surface area (Å²) < 4.78 is 5.50. The zero-order valence-electron chi connectivity index (χ0n) is 11.1. The number of carbonyl (C=O) groups excluding carboxylic acids is 1. The number of aryl methyl sites for hydroxylation is 1. The molecular weight excluding hydrogens is 258 g/mol. The van der Waals surface area contributed by atoms with Gasteiger partial charge >= 0.3 is 0 Å². The van der Waals surface area contributed by atoms with E-state index in [1.54, 1.807) is 29.4 Å². The molecule has 1 saturated heterocycles. The third kappa shape index (κ3) is 2.27. The molecule has 1 aliphatic heterocycles. The number of nitrogens with one attached hydrogen (secondary N) is 1. The van der Waals surface area contributed by atoms with Gasteiger partial charge in [-0.2, -0.15) is 10.2 Å². The number of hydrogen-bond donors (Lipinski definition) is 1. The highest BCUT2D eigenvalue weighted by Crippen LogP contribution is 2.26. The maximum Gasteiger partial charge on any atom is 0.275 e. The summed E-state index contributed by atoms with van der Waals surface area (Å²) in [6, 6.07) is 3.21. The van der Waals surface area contributed by atoms with Crippen LogP contribution in [0, 0.1) is 6.92 Å². The molecule has 3 heterocycles. The Morgan fingerprint density at radius 1 is 1.55 bits per heavy atom. The van der Waals surface area contributed by atoms with E-state index in [0.717, 1.165) is 11.3 Å². The number of rotatable bonds is 2. The normalized spacial score (nSPS) is 19.1. The van der Waals surface area contributed by atoms with Crippen LogP contribution in [0.15, 0.2) is 24.5 Å². The van der Waals surface area contributed by atoms with Crippen LogP contribution in [0.1, 0.15) is 27.8 Å². The summed E-state index contributed by atoms with van der Waals surface area (Å²) in [7, 11) is 0. The Morgan fingerprint density at radius 2 is 2.45 bits per heavy atom. The van der Waals surface area contributed by atoms with Gasteiger partial charge in [0.2, 0.25) is 0 Å². The molecule has 1 N–H and O–H groups in total. The Morgan fingerprint density at radius 3 is 3.15 bits per heavy atom. The van der Waals surface area contributed by atoms with Gasteiger partial charge in [-0.3, -0.25) is 9.89 Å². The van der Waals surface area contributed by atoms with Crippen LogP contribution in [0.2, 0.25) is 0 Å². The Kier molecular flexibility index (Phi) is 3.42. The van der Waals surface area contributed by atoms with Crippen molar-refractivity contribution in [3.63, 3.8) is 0 Å². The van der Waals surface area contributed by atoms with Crippen molar-refractivity contribution in [2.75, 3.05) is 19.8 Å². The first-order chi connectivity index (χ1) is 9.77. The van der Waals surface area contributed by atoms with Gasteiger partial charge in [0, 0.05) is 12.7 Å². The fraction of sp³-hybridized carbons (Fsp3) is 0.385. The first-order valence-electron chi connectivity index (χ1n) is 6.43. The molecule has 0 radical (unpaired) electrons. The van der Waals surface area contributed by atoms with Crippen LogP contribution in [0.25, 0.3) is 0 Å². The minimum absolute atomic E-state index is 0.139. The number of hydrogen-bond acceptors (Lipinski definition) is 5. The van der Waals surface area contributed by atoms with Crippen LogP contribution < -0.4 is 0 Å². The Hall–Kier alpha value is -2.28. The van der Waals surface area contributed by atoms with Gasteiger partial charge in [0.15, 0.2) is 5.69 Å². The van der Waals surface area contributed by atoms with Crippen molar-refractivity contribution in [2.45, 2.75) is 13.0 Å². The molecule has 0 aromatic carbocycles. The summed E-state index contributed by atoms with van der Waals surface area (Å²) >= 11 is 0. The molecule has 2 aromatic heterocycles. The molecule has 0 spiro atoms. The Bertz CT molecular complexity index is 598. The van der Waals surface area contributed by atoms with Crippen LogP contribution in [0.3, 0.4) is 0 Å². The average molecular weight is 273 g/mol. The number of nitrogens with zero attached hydrogens (tertiary/aromatic N) is 4. The lowest BCUT2D eigenvalue weighted by atomic mass is 10.1. The van der Waals surface area contributed by atoms with Crippen LogP contribution in [-0.4, -0.2) is 51.0 Å². The van der Waals surface area contributed by atoms with Crippen molar-refractivity contribution in [1.29, 1.82) is 0 Å². The molecular formula is C13H15N5O2. The minimum atomic E-state index is -0.166. The predicted octanol–water partition coefficient (Wildman–Crippen LogP) is 0.722. The standard InChI is InChI=1S/C13H15N5O2/c1-9-7-15-17-12(9)11-8-20-6-5-18(11)13(19)10-3-2-4-14-16-10/h2-4,7,11H,5-6,8H2,1H3,(H,15,17)/t11-/m0/s1. The SMILES string of the molecule is Cc1cn[nH]c1[C@@H]1COCCN1C(=O)c1cccnn1. The lowest BCUT2D eigenvalue weighted by Gasteiger charge is -2.35. The fourth-order valence-electron chi connectivity index (χ4n) is 2.34. The van der Waals surface area contributed by atoms with E-state index in [0.29, 0.717) is 25.5 Å². The minimum Gasteiger partial charge on any atom is -0.377 e. The highest BCUT2D eigenvalue weighted by molar-refractivity contribution is 5.92. The van der Waals surface area contributed by atoms with Gasteiger partial charge in [0.05, 0.1) is 31.1 Å².